The molecule has 0 fully saturated rings. The summed E-state index contributed by atoms with van der Waals surface area (Å²) in [6.07, 6.45) is 1.32. The fraction of sp³-hybridized carbons (Fsp3) is 0.333. The molecule has 29 valence electrons. The van der Waals surface area contributed by atoms with Crippen LogP contribution in [-0.2, 0) is 5.11 Å². The van der Waals surface area contributed by atoms with E-state index < -0.39 is 0 Å². The van der Waals surface area contributed by atoms with E-state index in [9.17, 15) is 5.11 Å². The van der Waals surface area contributed by atoms with Crippen molar-refractivity contribution in [2.45, 2.75) is 0 Å². The Bertz CT molecular complexity index is 20.9. The molecule has 0 N–H and O–H groups in total. The third kappa shape index (κ3) is 20.0. The van der Waals surface area contributed by atoms with Crippen LogP contribution in [0.3, 0.4) is 0 Å². The lowest BCUT2D eigenvalue weighted by Crippen LogP contribution is -1.58. The lowest BCUT2D eigenvalue weighted by molar-refractivity contribution is 0.232. The van der Waals surface area contributed by atoms with E-state index in [-0.39, 0.29) is 15.0 Å². The van der Waals surface area contributed by atoms with Crippen LogP contribution >= 0.6 is 0 Å². The molecule has 1 radical (unpaired) electrons. The van der Waals surface area contributed by atoms with Crippen molar-refractivity contribution in [2.24, 2.45) is 0 Å². The predicted octanol–water partition coefficient (Wildman–Crippen LogP) is -0.581. The molecule has 5 heavy (non-hydrogen) atoms. The van der Waals surface area contributed by atoms with Crippen LogP contribution in [0, 0.1) is 0 Å². The third-order valence-electron chi connectivity index (χ3n) is 0.118. The second-order valence-corrected chi connectivity index (χ2v) is 0.455. The Labute approximate surface area is 33.9 Å². The summed E-state index contributed by atoms with van der Waals surface area (Å²) in [5, 5.41) is 9.18. The second kappa shape index (κ2) is 9.24. The van der Waals surface area contributed by atoms with E-state index in [4.69, 9.17) is 0 Å². The topological polar surface area (TPSA) is 19.9 Å². The summed E-state index contributed by atoms with van der Waals surface area (Å²) in [6.45, 7) is 3.00. The lowest BCUT2D eigenvalue weighted by Gasteiger charge is -1.54. The van der Waals surface area contributed by atoms with Gasteiger partial charge in [-0.1, -0.05) is 6.08 Å². The second-order valence-electron chi connectivity index (χ2n) is 0.455. The molecule has 0 aromatic rings. The Hall–Kier alpha value is -0.235. The number of hydrogen-bond acceptors (Lipinski definition) is 0. The fourth-order valence-electron chi connectivity index (χ4n) is 0. The van der Waals surface area contributed by atoms with Gasteiger partial charge in [0.2, 0.25) is 0 Å². The van der Waals surface area contributed by atoms with E-state index in [0.717, 1.165) is 0 Å². The molecule has 0 aromatic carbocycles. The van der Waals surface area contributed by atoms with E-state index in [1.54, 1.807) is 0 Å². The first kappa shape index (κ1) is 8.83. The van der Waals surface area contributed by atoms with Crippen LogP contribution in [0.5, 0.6) is 0 Å². The number of rotatable bonds is 1. The van der Waals surface area contributed by atoms with Crippen LogP contribution in [0.4, 0.5) is 0 Å². The van der Waals surface area contributed by atoms with Crippen molar-refractivity contribution in [3.63, 3.8) is 0 Å². The molecule has 0 saturated heterocycles. The van der Waals surface area contributed by atoms with Crippen molar-refractivity contribution in [3.05, 3.63) is 12.7 Å². The van der Waals surface area contributed by atoms with Gasteiger partial charge in [0.1, 0.15) is 6.61 Å². The van der Waals surface area contributed by atoms with Crippen LogP contribution in [0.15, 0.2) is 12.7 Å². The van der Waals surface area contributed by atoms with Gasteiger partial charge in [-0.3, -0.25) is 0 Å². The van der Waals surface area contributed by atoms with E-state index >= 15 is 0 Å². The minimum absolute atomic E-state index is 0. The molecule has 1 nitrogen and oxygen atoms in total. The first-order valence-electron chi connectivity index (χ1n) is 1.11. The summed E-state index contributed by atoms with van der Waals surface area (Å²) in [4.78, 5) is 0. The molecule has 0 aromatic heterocycles. The van der Waals surface area contributed by atoms with Gasteiger partial charge in [0.05, 0.1) is 8.41 Å². The first-order valence-corrected chi connectivity index (χ1v) is 1.11. The van der Waals surface area contributed by atoms with E-state index in [1.165, 1.54) is 6.08 Å². The van der Waals surface area contributed by atoms with Gasteiger partial charge < -0.3 is 0 Å². The maximum absolute atomic E-state index is 9.18. The Morgan fingerprint density at radius 1 is 1.80 bits per heavy atom. The molecule has 0 saturated carbocycles. The maximum Gasteiger partial charge on any atom is 0.100 e. The summed E-state index contributed by atoms with van der Waals surface area (Å²) in [7, 11) is 0. The first-order chi connectivity index (χ1) is 1.91. The molecule has 0 aliphatic carbocycles. The van der Waals surface area contributed by atoms with Crippen LogP contribution in [0.1, 0.15) is 0 Å². The molecular formula is C3H8BO. The SMILES string of the molecule is B.C=CC[O]. The fourth-order valence-corrected chi connectivity index (χ4v) is 0. The van der Waals surface area contributed by atoms with Gasteiger partial charge in [-0.25, -0.2) is 5.11 Å². The molecule has 0 atom stereocenters. The Morgan fingerprint density at radius 2 is 2.00 bits per heavy atom. The van der Waals surface area contributed by atoms with Gasteiger partial charge in [0.15, 0.2) is 0 Å². The molecule has 2 heteroatoms. The molecule has 0 aliphatic heterocycles. The maximum atomic E-state index is 9.18. The van der Waals surface area contributed by atoms with Crippen LogP contribution < -0.4 is 0 Å². The summed E-state index contributed by atoms with van der Waals surface area (Å²) in [5.74, 6) is 0. The largest absolute Gasteiger partial charge is 0.232 e. The zero-order valence-corrected chi connectivity index (χ0v) is 2.40. The molecule has 0 unspecified atom stereocenters. The molecule has 0 aliphatic rings. The predicted molar refractivity (Wildman–Crippen MR) is 25.7 cm³/mol. The van der Waals surface area contributed by atoms with Crippen molar-refractivity contribution in [3.8, 4) is 0 Å². The molecule has 0 spiro atoms. The van der Waals surface area contributed by atoms with Crippen LogP contribution in [0.2, 0.25) is 0 Å². The average Bonchev–Trinajstić information content (AvgIpc) is 1.37. The van der Waals surface area contributed by atoms with Gasteiger partial charge in [-0.05, 0) is 0 Å². The van der Waals surface area contributed by atoms with E-state index in [0.29, 0.717) is 0 Å². The van der Waals surface area contributed by atoms with Crippen LogP contribution in [-0.4, -0.2) is 15.0 Å². The average molecular weight is 70.9 g/mol. The highest BCUT2D eigenvalue weighted by Gasteiger charge is 1.49. The Balaban J connectivity index is 0. The summed E-state index contributed by atoms with van der Waals surface area (Å²) in [6, 6.07) is 0. The van der Waals surface area contributed by atoms with Gasteiger partial charge in [0, 0.05) is 0 Å². The molecule has 0 amide bonds. The molecule has 0 heterocycles. The van der Waals surface area contributed by atoms with Crippen molar-refractivity contribution in [2.75, 3.05) is 6.61 Å². The Morgan fingerprint density at radius 3 is 2.00 bits per heavy atom. The highest BCUT2D eigenvalue weighted by molar-refractivity contribution is 5.75. The third-order valence-corrected chi connectivity index (χ3v) is 0.118. The normalized spacial score (nSPS) is 5.00. The van der Waals surface area contributed by atoms with Crippen molar-refractivity contribution >= 4 is 8.41 Å². The standard InChI is InChI=1S/C3H5O.BH3/c1-2-3-4;/h2H,1,3H2;1H3. The van der Waals surface area contributed by atoms with Crippen LogP contribution in [0.25, 0.3) is 0 Å². The summed E-state index contributed by atoms with van der Waals surface area (Å²) >= 11 is 0. The van der Waals surface area contributed by atoms with Gasteiger partial charge in [-0.15, -0.1) is 6.58 Å². The smallest absolute Gasteiger partial charge is 0.100 e. The zero-order chi connectivity index (χ0) is 3.41. The molecule has 0 rings (SSSR count). The molecular weight excluding hydrogens is 62.8 g/mol. The Kier molecular flexibility index (Phi) is 16.3. The molecule has 0 bridgehead atoms. The summed E-state index contributed by atoms with van der Waals surface area (Å²) in [5.41, 5.74) is 0. The zero-order valence-electron chi connectivity index (χ0n) is 2.40. The lowest BCUT2D eigenvalue weighted by atomic mass is 10.7. The van der Waals surface area contributed by atoms with Gasteiger partial charge in [-0.2, -0.15) is 0 Å². The van der Waals surface area contributed by atoms with Crippen molar-refractivity contribution < 1.29 is 5.11 Å². The van der Waals surface area contributed by atoms with E-state index in [2.05, 4.69) is 6.58 Å². The van der Waals surface area contributed by atoms with Crippen molar-refractivity contribution in [1.82, 2.24) is 0 Å². The monoisotopic (exact) mass is 71.1 g/mol. The highest BCUT2D eigenvalue weighted by atomic mass is 16.2. The minimum atomic E-state index is -0.167. The minimum Gasteiger partial charge on any atom is -0.232 e. The van der Waals surface area contributed by atoms with Gasteiger partial charge in [0.25, 0.3) is 0 Å². The quantitative estimate of drug-likeness (QED) is 0.291. The number of hydrogen-bond donors (Lipinski definition) is 0. The van der Waals surface area contributed by atoms with E-state index in [1.807, 2.05) is 0 Å². The summed E-state index contributed by atoms with van der Waals surface area (Å²) < 4.78 is 0. The highest BCUT2D eigenvalue weighted by Crippen LogP contribution is 1.48. The van der Waals surface area contributed by atoms with Crippen molar-refractivity contribution in [1.29, 1.82) is 0 Å². The van der Waals surface area contributed by atoms with Gasteiger partial charge >= 0.3 is 0 Å².